The van der Waals surface area contributed by atoms with E-state index < -0.39 is 23.9 Å². The lowest BCUT2D eigenvalue weighted by Gasteiger charge is -2.27. The van der Waals surface area contributed by atoms with Crippen molar-refractivity contribution in [2.75, 3.05) is 23.4 Å². The van der Waals surface area contributed by atoms with Gasteiger partial charge in [0.25, 0.3) is 5.91 Å². The molecule has 0 fully saturated rings. The third-order valence-corrected chi connectivity index (χ3v) is 5.61. The quantitative estimate of drug-likeness (QED) is 0.515. The van der Waals surface area contributed by atoms with Crippen LogP contribution in [0.25, 0.3) is 11.6 Å². The molecule has 3 aromatic carbocycles. The second-order valence-electron chi connectivity index (χ2n) is 8.15. The third-order valence-electron chi connectivity index (χ3n) is 5.61. The van der Waals surface area contributed by atoms with Crippen molar-refractivity contribution in [3.8, 4) is 0 Å². The van der Waals surface area contributed by atoms with Crippen molar-refractivity contribution < 1.29 is 19.1 Å². The highest BCUT2D eigenvalue weighted by Crippen LogP contribution is 2.33. The van der Waals surface area contributed by atoms with Crippen LogP contribution in [0.4, 0.5) is 16.2 Å². The van der Waals surface area contributed by atoms with Gasteiger partial charge in [0.1, 0.15) is 12.6 Å². The molecule has 4 rings (SSSR count). The number of hydrogen-bond acceptors (Lipinski definition) is 4. The van der Waals surface area contributed by atoms with E-state index in [0.717, 1.165) is 16.7 Å². The van der Waals surface area contributed by atoms with Gasteiger partial charge < -0.3 is 15.4 Å². The molecule has 7 heteroatoms. The van der Waals surface area contributed by atoms with Gasteiger partial charge in [-0.1, -0.05) is 60.7 Å². The zero-order valence-corrected chi connectivity index (χ0v) is 19.7. The van der Waals surface area contributed by atoms with Gasteiger partial charge in [0.2, 0.25) is 0 Å². The molecule has 1 unspecified atom stereocenters. The van der Waals surface area contributed by atoms with Gasteiger partial charge in [-0.3, -0.25) is 14.5 Å². The van der Waals surface area contributed by atoms with Crippen LogP contribution in [0.1, 0.15) is 23.6 Å². The summed E-state index contributed by atoms with van der Waals surface area (Å²) in [6.07, 6.45) is 1.88. The number of carbonyl (C=O) groups is 3. The molecule has 35 heavy (non-hydrogen) atoms. The van der Waals surface area contributed by atoms with Gasteiger partial charge in [-0.05, 0) is 60.4 Å². The van der Waals surface area contributed by atoms with Gasteiger partial charge in [0.05, 0.1) is 12.3 Å². The molecule has 0 bridgehead atoms. The molecule has 7 nitrogen and oxygen atoms in total. The number of anilines is 2. The molecule has 2 N–H and O–H groups in total. The van der Waals surface area contributed by atoms with E-state index >= 15 is 0 Å². The topological polar surface area (TPSA) is 87.7 Å². The normalized spacial score (nSPS) is 14.9. The summed E-state index contributed by atoms with van der Waals surface area (Å²) in [4.78, 5) is 40.7. The molecule has 0 spiro atoms. The highest BCUT2D eigenvalue weighted by atomic mass is 16.5. The van der Waals surface area contributed by atoms with E-state index in [4.69, 9.17) is 4.74 Å². The minimum atomic E-state index is -1.04. The lowest BCUT2D eigenvalue weighted by atomic mass is 9.96. The highest BCUT2D eigenvalue weighted by Gasteiger charge is 2.35. The molecule has 0 aliphatic carbocycles. The maximum Gasteiger partial charge on any atom is 0.326 e. The number of fused-ring (bicyclic) bond motifs is 1. The maximum atomic E-state index is 13.9. The van der Waals surface area contributed by atoms with Crippen LogP contribution in [0.3, 0.4) is 0 Å². The second-order valence-corrected chi connectivity index (χ2v) is 8.15. The second kappa shape index (κ2) is 10.7. The van der Waals surface area contributed by atoms with Gasteiger partial charge in [-0.25, -0.2) is 4.79 Å². The lowest BCUT2D eigenvalue weighted by Crippen LogP contribution is -2.51. The SMILES string of the molecule is CCOC(=O)CN1C(=O)C(NC(=O)Nc2cccc(C)c2)C(c2ccccc2)=Cc2ccccc21. The number of urea groups is 1. The van der Waals surface area contributed by atoms with Crippen LogP contribution in [-0.4, -0.2) is 37.1 Å². The minimum Gasteiger partial charge on any atom is -0.465 e. The van der Waals surface area contributed by atoms with Crippen molar-refractivity contribution in [3.63, 3.8) is 0 Å². The standard InChI is InChI=1S/C28H27N3O4/c1-3-35-25(32)18-31-24-15-8-7-13-21(24)17-23(20-11-5-4-6-12-20)26(27(31)33)30-28(34)29-22-14-9-10-19(2)16-22/h4-17,26H,3,18H2,1-2H3,(H2,29,30,34). The molecular weight excluding hydrogens is 442 g/mol. The number of nitrogens with one attached hydrogen (secondary N) is 2. The van der Waals surface area contributed by atoms with Crippen LogP contribution in [0.2, 0.25) is 0 Å². The largest absolute Gasteiger partial charge is 0.465 e. The summed E-state index contributed by atoms with van der Waals surface area (Å²) in [5.41, 5.74) is 4.34. The number of benzene rings is 3. The van der Waals surface area contributed by atoms with E-state index in [1.807, 2.05) is 73.7 Å². The van der Waals surface area contributed by atoms with Crippen molar-refractivity contribution in [2.24, 2.45) is 0 Å². The van der Waals surface area contributed by atoms with Crippen LogP contribution in [0, 0.1) is 6.92 Å². The Kier molecular flexibility index (Phi) is 7.26. The molecule has 1 atom stereocenters. The van der Waals surface area contributed by atoms with Gasteiger partial charge in [-0.2, -0.15) is 0 Å². The predicted molar refractivity (Wildman–Crippen MR) is 137 cm³/mol. The first-order chi connectivity index (χ1) is 17.0. The van der Waals surface area contributed by atoms with Gasteiger partial charge >= 0.3 is 12.0 Å². The Morgan fingerprint density at radius 1 is 0.971 bits per heavy atom. The predicted octanol–water partition coefficient (Wildman–Crippen LogP) is 4.64. The highest BCUT2D eigenvalue weighted by molar-refractivity contribution is 6.14. The molecule has 1 aliphatic heterocycles. The van der Waals surface area contributed by atoms with E-state index in [0.29, 0.717) is 16.9 Å². The fraction of sp³-hybridized carbons (Fsp3) is 0.179. The Morgan fingerprint density at radius 3 is 2.46 bits per heavy atom. The smallest absolute Gasteiger partial charge is 0.326 e. The molecule has 178 valence electrons. The minimum absolute atomic E-state index is 0.205. The number of amides is 3. The van der Waals surface area contributed by atoms with Crippen molar-refractivity contribution in [2.45, 2.75) is 19.9 Å². The first-order valence-electron chi connectivity index (χ1n) is 11.4. The van der Waals surface area contributed by atoms with E-state index in [1.54, 1.807) is 25.1 Å². The van der Waals surface area contributed by atoms with Crippen LogP contribution >= 0.6 is 0 Å². The first-order valence-corrected chi connectivity index (χ1v) is 11.4. The number of ether oxygens (including phenoxy) is 1. The zero-order chi connectivity index (χ0) is 24.8. The molecule has 0 saturated carbocycles. The number of hydrogen-bond donors (Lipinski definition) is 2. The van der Waals surface area contributed by atoms with Crippen LogP contribution in [-0.2, 0) is 14.3 Å². The number of esters is 1. The summed E-state index contributed by atoms with van der Waals surface area (Å²) >= 11 is 0. The van der Waals surface area contributed by atoms with Crippen molar-refractivity contribution in [1.29, 1.82) is 0 Å². The van der Waals surface area contributed by atoms with Crippen LogP contribution < -0.4 is 15.5 Å². The molecule has 3 aromatic rings. The average Bonchev–Trinajstić information content (AvgIpc) is 2.95. The molecule has 0 radical (unpaired) electrons. The molecule has 3 amide bonds. The van der Waals surface area contributed by atoms with Crippen LogP contribution in [0.15, 0.2) is 78.9 Å². The Labute approximate surface area is 204 Å². The molecular formula is C28H27N3O4. The Morgan fingerprint density at radius 2 is 1.71 bits per heavy atom. The summed E-state index contributed by atoms with van der Waals surface area (Å²) in [5, 5.41) is 5.63. The van der Waals surface area contributed by atoms with Crippen molar-refractivity contribution in [1.82, 2.24) is 5.32 Å². The fourth-order valence-electron chi connectivity index (χ4n) is 4.05. The van der Waals surface area contributed by atoms with Gasteiger partial charge in [0.15, 0.2) is 0 Å². The summed E-state index contributed by atoms with van der Waals surface area (Å²) in [5.74, 6) is -0.959. The Bertz CT molecular complexity index is 1270. The summed E-state index contributed by atoms with van der Waals surface area (Å²) in [6, 6.07) is 22.5. The number of para-hydroxylation sites is 1. The molecule has 1 aliphatic rings. The monoisotopic (exact) mass is 469 g/mol. The summed E-state index contributed by atoms with van der Waals surface area (Å²) in [7, 11) is 0. The average molecular weight is 470 g/mol. The van der Waals surface area contributed by atoms with Gasteiger partial charge in [0, 0.05) is 5.69 Å². The van der Waals surface area contributed by atoms with Crippen LogP contribution in [0.5, 0.6) is 0 Å². The van der Waals surface area contributed by atoms with E-state index in [1.165, 1.54) is 4.90 Å². The number of carbonyl (C=O) groups excluding carboxylic acids is 3. The van der Waals surface area contributed by atoms with Crippen molar-refractivity contribution >= 4 is 40.9 Å². The van der Waals surface area contributed by atoms with Crippen molar-refractivity contribution in [3.05, 3.63) is 95.6 Å². The Hall–Kier alpha value is -4.39. The zero-order valence-electron chi connectivity index (χ0n) is 19.7. The molecule has 0 aromatic heterocycles. The summed E-state index contributed by atoms with van der Waals surface area (Å²) in [6.45, 7) is 3.58. The van der Waals surface area contributed by atoms with E-state index in [9.17, 15) is 14.4 Å². The lowest BCUT2D eigenvalue weighted by molar-refractivity contribution is -0.142. The van der Waals surface area contributed by atoms with Gasteiger partial charge in [-0.15, -0.1) is 0 Å². The third kappa shape index (κ3) is 5.58. The first kappa shape index (κ1) is 23.8. The maximum absolute atomic E-state index is 13.9. The molecule has 1 heterocycles. The summed E-state index contributed by atoms with van der Waals surface area (Å²) < 4.78 is 5.12. The number of aryl methyl sites for hydroxylation is 1. The van der Waals surface area contributed by atoms with E-state index in [2.05, 4.69) is 10.6 Å². The van der Waals surface area contributed by atoms with E-state index in [-0.39, 0.29) is 13.2 Å². The number of rotatable bonds is 6. The fourth-order valence-corrected chi connectivity index (χ4v) is 4.05. The Balaban J connectivity index is 1.74. The molecule has 0 saturated heterocycles. The number of nitrogens with zero attached hydrogens (tertiary/aromatic N) is 1.